The van der Waals surface area contributed by atoms with E-state index in [1.807, 2.05) is 12.0 Å². The van der Waals surface area contributed by atoms with Gasteiger partial charge in [-0.25, -0.2) is 4.39 Å². The molecule has 0 aromatic heterocycles. The molecule has 176 valence electrons. The van der Waals surface area contributed by atoms with Crippen molar-refractivity contribution >= 4 is 17.7 Å². The predicted molar refractivity (Wildman–Crippen MR) is 122 cm³/mol. The number of nitrogens with two attached hydrogens (primary N) is 1. The molecule has 7 atom stereocenters. The molecule has 0 bridgehead atoms. The van der Waals surface area contributed by atoms with Crippen LogP contribution in [0.15, 0.2) is 0 Å². The third kappa shape index (κ3) is 4.52. The van der Waals surface area contributed by atoms with E-state index >= 15 is 0 Å². The maximum atomic E-state index is 13.5. The average Bonchev–Trinajstić information content (AvgIpc) is 3.12. The van der Waals surface area contributed by atoms with E-state index in [-0.39, 0.29) is 22.6 Å². The number of nitrogens with one attached hydrogen (secondary N) is 1. The Kier molecular flexibility index (Phi) is 6.82. The number of hydrogen-bond acceptors (Lipinski definition) is 6. The highest BCUT2D eigenvalue weighted by Gasteiger charge is 2.52. The second-order valence-corrected chi connectivity index (χ2v) is 11.7. The Morgan fingerprint density at radius 2 is 1.81 bits per heavy atom. The first-order valence-corrected chi connectivity index (χ1v) is 13.3. The number of ether oxygens (including phenoxy) is 1. The minimum Gasteiger partial charge on any atom is -0.381 e. The Bertz CT molecular complexity index is 641. The van der Waals surface area contributed by atoms with Crippen LogP contribution in [0.2, 0.25) is 0 Å². The van der Waals surface area contributed by atoms with E-state index in [1.54, 1.807) is 11.8 Å². The van der Waals surface area contributed by atoms with Crippen molar-refractivity contribution in [1.29, 1.82) is 0 Å². The summed E-state index contributed by atoms with van der Waals surface area (Å²) >= 11 is 1.77. The van der Waals surface area contributed by atoms with Crippen molar-refractivity contribution in [1.82, 2.24) is 15.1 Å². The van der Waals surface area contributed by atoms with Gasteiger partial charge < -0.3 is 20.7 Å². The fraction of sp³-hybridized carbons (Fsp3) is 0.957. The summed E-state index contributed by atoms with van der Waals surface area (Å²) in [4.78, 5) is 17.9. The molecule has 5 aliphatic rings. The van der Waals surface area contributed by atoms with Crippen LogP contribution in [0.3, 0.4) is 0 Å². The zero-order valence-corrected chi connectivity index (χ0v) is 19.6. The Balaban J connectivity index is 1.15. The number of alkyl halides is 1. The molecule has 3 saturated heterocycles. The summed E-state index contributed by atoms with van der Waals surface area (Å²) in [5.41, 5.74) is 6.69. The van der Waals surface area contributed by atoms with Gasteiger partial charge in [0.05, 0.1) is 11.5 Å². The Morgan fingerprint density at radius 1 is 1.06 bits per heavy atom. The Morgan fingerprint density at radius 3 is 2.52 bits per heavy atom. The molecule has 5 rings (SSSR count). The first-order valence-electron chi connectivity index (χ1n) is 12.4. The average molecular weight is 455 g/mol. The predicted octanol–water partition coefficient (Wildman–Crippen LogP) is 1.97. The molecule has 2 saturated carbocycles. The molecule has 3 N–H and O–H groups in total. The summed E-state index contributed by atoms with van der Waals surface area (Å²) in [7, 11) is 1.82. The lowest BCUT2D eigenvalue weighted by atomic mass is 9.73. The number of rotatable bonds is 3. The lowest BCUT2D eigenvalue weighted by molar-refractivity contribution is -0.133. The molecular weight excluding hydrogens is 415 g/mol. The number of fused-ring (bicyclic) bond motifs is 2. The number of carbonyl (C=O) groups excluding carboxylic acids is 1. The number of halogens is 1. The van der Waals surface area contributed by atoms with Gasteiger partial charge in [0.25, 0.3) is 0 Å². The van der Waals surface area contributed by atoms with Crippen LogP contribution in [-0.2, 0) is 9.53 Å². The molecule has 2 aliphatic carbocycles. The topological polar surface area (TPSA) is 70.8 Å². The van der Waals surface area contributed by atoms with Crippen LogP contribution in [0.25, 0.3) is 0 Å². The van der Waals surface area contributed by atoms with Crippen LogP contribution in [0.4, 0.5) is 4.39 Å². The van der Waals surface area contributed by atoms with E-state index in [9.17, 15) is 9.18 Å². The molecule has 3 aliphatic heterocycles. The summed E-state index contributed by atoms with van der Waals surface area (Å²) < 4.78 is 19.1. The molecule has 8 heteroatoms. The number of nitrogens with zero attached hydrogens (tertiary/aromatic N) is 2. The molecule has 0 aromatic rings. The second-order valence-electron chi connectivity index (χ2n) is 10.4. The highest BCUT2D eigenvalue weighted by Crippen LogP contribution is 2.47. The van der Waals surface area contributed by atoms with Crippen molar-refractivity contribution < 1.29 is 13.9 Å². The van der Waals surface area contributed by atoms with Gasteiger partial charge in [0.2, 0.25) is 5.91 Å². The summed E-state index contributed by atoms with van der Waals surface area (Å²) in [5.74, 6) is 1.28. The first kappa shape index (κ1) is 22.4. The van der Waals surface area contributed by atoms with Crippen molar-refractivity contribution in [3.05, 3.63) is 0 Å². The van der Waals surface area contributed by atoms with Crippen LogP contribution in [0.1, 0.15) is 51.4 Å². The summed E-state index contributed by atoms with van der Waals surface area (Å²) in [6.07, 6.45) is 7.60. The molecule has 0 radical (unpaired) electrons. The van der Waals surface area contributed by atoms with Crippen molar-refractivity contribution in [2.24, 2.45) is 17.6 Å². The number of piperidine rings is 1. The maximum Gasteiger partial charge on any atom is 0.237 e. The lowest BCUT2D eigenvalue weighted by Gasteiger charge is -2.44. The van der Waals surface area contributed by atoms with Crippen LogP contribution in [0.5, 0.6) is 0 Å². The van der Waals surface area contributed by atoms with Gasteiger partial charge in [-0.1, -0.05) is 0 Å². The van der Waals surface area contributed by atoms with E-state index in [2.05, 4.69) is 10.2 Å². The second kappa shape index (κ2) is 9.45. The van der Waals surface area contributed by atoms with E-state index < -0.39 is 6.17 Å². The molecule has 0 aromatic carbocycles. The van der Waals surface area contributed by atoms with Gasteiger partial charge in [-0.3, -0.25) is 9.69 Å². The zero-order chi connectivity index (χ0) is 21.5. The third-order valence-corrected chi connectivity index (χ3v) is 10.4. The number of amides is 1. The van der Waals surface area contributed by atoms with Crippen LogP contribution >= 0.6 is 11.8 Å². The molecule has 7 unspecified atom stereocenters. The van der Waals surface area contributed by atoms with E-state index in [0.29, 0.717) is 42.9 Å². The van der Waals surface area contributed by atoms with Crippen molar-refractivity contribution in [3.8, 4) is 0 Å². The largest absolute Gasteiger partial charge is 0.381 e. The molecule has 6 nitrogen and oxygen atoms in total. The zero-order valence-electron chi connectivity index (χ0n) is 18.8. The smallest absolute Gasteiger partial charge is 0.237 e. The van der Waals surface area contributed by atoms with Gasteiger partial charge in [-0.05, 0) is 57.3 Å². The normalized spacial score (nSPS) is 46.4. The monoisotopic (exact) mass is 454 g/mol. The SMILES string of the molecule is COC1CCC2CC3C(NC2C1)SC(C(=O)N1CCN(C2CCC(F)CC2)CC1)C3N. The fourth-order valence-electron chi connectivity index (χ4n) is 6.79. The van der Waals surface area contributed by atoms with E-state index in [0.717, 1.165) is 58.3 Å². The number of methoxy groups -OCH3 is 1. The number of thioether (sulfide) groups is 1. The number of hydrogen-bond donors (Lipinski definition) is 2. The first-order chi connectivity index (χ1) is 15.0. The molecule has 3 heterocycles. The highest BCUT2D eigenvalue weighted by atomic mass is 32.2. The maximum absolute atomic E-state index is 13.5. The summed E-state index contributed by atoms with van der Waals surface area (Å²) in [6.45, 7) is 3.38. The van der Waals surface area contributed by atoms with Crippen molar-refractivity contribution in [2.75, 3.05) is 33.3 Å². The van der Waals surface area contributed by atoms with Gasteiger partial charge in [0.1, 0.15) is 11.4 Å². The minimum absolute atomic E-state index is 0.0611. The standard InChI is InChI=1S/C23H39FN4O2S/c1-30-17-7-2-14-12-18-20(25)21(31-22(18)26-19(14)13-17)23(29)28-10-8-27(9-11-28)16-5-3-15(24)4-6-16/h14-22,26H,2-13,25H2,1H3. The highest BCUT2D eigenvalue weighted by molar-refractivity contribution is 8.01. The molecular formula is C23H39FN4O2S. The van der Waals surface area contributed by atoms with Gasteiger partial charge in [0.15, 0.2) is 0 Å². The van der Waals surface area contributed by atoms with E-state index in [1.165, 1.54) is 6.42 Å². The molecule has 5 fully saturated rings. The molecule has 0 spiro atoms. The Hall–Kier alpha value is -0.410. The Labute approximate surface area is 190 Å². The molecule has 31 heavy (non-hydrogen) atoms. The fourth-order valence-corrected chi connectivity index (χ4v) is 8.50. The summed E-state index contributed by atoms with van der Waals surface area (Å²) in [5, 5.41) is 4.01. The van der Waals surface area contributed by atoms with Crippen LogP contribution in [0, 0.1) is 11.8 Å². The van der Waals surface area contributed by atoms with Crippen LogP contribution < -0.4 is 11.1 Å². The number of piperazine rings is 1. The van der Waals surface area contributed by atoms with E-state index in [4.69, 9.17) is 10.5 Å². The van der Waals surface area contributed by atoms with Gasteiger partial charge >= 0.3 is 0 Å². The summed E-state index contributed by atoms with van der Waals surface area (Å²) in [6, 6.07) is 0.934. The molecule has 1 amide bonds. The minimum atomic E-state index is -0.610. The number of carbonyl (C=O) groups is 1. The van der Waals surface area contributed by atoms with Gasteiger partial charge in [-0.2, -0.15) is 0 Å². The lowest BCUT2D eigenvalue weighted by Crippen LogP contribution is -2.57. The van der Waals surface area contributed by atoms with Crippen molar-refractivity contribution in [2.45, 2.75) is 92.4 Å². The quantitative estimate of drug-likeness (QED) is 0.680. The van der Waals surface area contributed by atoms with Gasteiger partial charge in [0, 0.05) is 57.3 Å². The van der Waals surface area contributed by atoms with Crippen molar-refractivity contribution in [3.63, 3.8) is 0 Å². The third-order valence-electron chi connectivity index (χ3n) is 8.77. The van der Waals surface area contributed by atoms with Gasteiger partial charge in [-0.15, -0.1) is 11.8 Å². The van der Waals surface area contributed by atoms with Crippen LogP contribution in [-0.4, -0.2) is 90.0 Å².